The molecule has 14 heavy (non-hydrogen) atoms. The van der Waals surface area contributed by atoms with E-state index in [1.165, 1.54) is 0 Å². The molecule has 1 amide bonds. The van der Waals surface area contributed by atoms with Gasteiger partial charge in [0.05, 0.1) is 11.1 Å². The quantitative estimate of drug-likeness (QED) is 0.818. The fourth-order valence-corrected chi connectivity index (χ4v) is 2.06. The van der Waals surface area contributed by atoms with Crippen molar-refractivity contribution in [1.29, 1.82) is 0 Å². The molecule has 70 valence electrons. The van der Waals surface area contributed by atoms with Crippen molar-refractivity contribution < 1.29 is 4.79 Å². The molecule has 1 aromatic carbocycles. The van der Waals surface area contributed by atoms with Crippen LogP contribution in [0.5, 0.6) is 0 Å². The number of fused-ring (bicyclic) bond motifs is 1. The minimum absolute atomic E-state index is 0.409. The van der Waals surface area contributed by atoms with Crippen molar-refractivity contribution in [2.24, 2.45) is 5.73 Å². The number of pyridine rings is 1. The summed E-state index contributed by atoms with van der Waals surface area (Å²) in [4.78, 5) is 15.4. The molecule has 0 aliphatic rings. The second-order valence-electron chi connectivity index (χ2n) is 2.86. The van der Waals surface area contributed by atoms with E-state index in [1.807, 2.05) is 24.3 Å². The van der Waals surface area contributed by atoms with Crippen LogP contribution >= 0.6 is 22.6 Å². The number of amides is 1. The monoisotopic (exact) mass is 298 g/mol. The summed E-state index contributed by atoms with van der Waals surface area (Å²) < 4.78 is 0.786. The smallest absolute Gasteiger partial charge is 0.250 e. The van der Waals surface area contributed by atoms with E-state index in [1.54, 1.807) is 6.20 Å². The highest BCUT2D eigenvalue weighted by Gasteiger charge is 2.10. The van der Waals surface area contributed by atoms with E-state index >= 15 is 0 Å². The molecule has 0 unspecified atom stereocenters. The number of hydrogen-bond donors (Lipinski definition) is 1. The van der Waals surface area contributed by atoms with Gasteiger partial charge >= 0.3 is 0 Å². The molecule has 2 rings (SSSR count). The number of aromatic nitrogens is 1. The summed E-state index contributed by atoms with van der Waals surface area (Å²) in [6.45, 7) is 0. The number of primary amides is 1. The average Bonchev–Trinajstić information content (AvgIpc) is 2.17. The van der Waals surface area contributed by atoms with E-state index < -0.39 is 5.91 Å². The van der Waals surface area contributed by atoms with Gasteiger partial charge in [-0.05, 0) is 28.7 Å². The Hall–Kier alpha value is -1.17. The number of rotatable bonds is 1. The Bertz CT molecular complexity index is 510. The Morgan fingerprint density at radius 1 is 1.36 bits per heavy atom. The van der Waals surface area contributed by atoms with Crippen LogP contribution in [-0.2, 0) is 0 Å². The molecule has 0 saturated heterocycles. The number of nitrogens with zero attached hydrogens (tertiary/aromatic N) is 1. The molecule has 1 heterocycles. The van der Waals surface area contributed by atoms with Gasteiger partial charge in [-0.25, -0.2) is 0 Å². The third kappa shape index (κ3) is 1.45. The van der Waals surface area contributed by atoms with Crippen molar-refractivity contribution in [3.63, 3.8) is 0 Å². The molecule has 3 nitrogen and oxygen atoms in total. The molecule has 0 spiro atoms. The van der Waals surface area contributed by atoms with Crippen molar-refractivity contribution in [2.45, 2.75) is 0 Å². The number of halogens is 1. The number of hydrogen-bond acceptors (Lipinski definition) is 2. The Labute approximate surface area is 94.5 Å². The summed E-state index contributed by atoms with van der Waals surface area (Å²) in [5, 5.41) is 0.812. The van der Waals surface area contributed by atoms with Gasteiger partial charge in [0.15, 0.2) is 0 Å². The maximum Gasteiger partial charge on any atom is 0.250 e. The van der Waals surface area contributed by atoms with E-state index in [9.17, 15) is 4.79 Å². The van der Waals surface area contributed by atoms with Gasteiger partial charge in [0.2, 0.25) is 0 Å². The summed E-state index contributed by atoms with van der Waals surface area (Å²) in [5.41, 5.74) is 6.65. The maximum absolute atomic E-state index is 11.2. The fraction of sp³-hybridized carbons (Fsp3) is 0. The van der Waals surface area contributed by atoms with Crippen LogP contribution < -0.4 is 5.73 Å². The van der Waals surface area contributed by atoms with Gasteiger partial charge in [-0.15, -0.1) is 0 Å². The molecule has 0 radical (unpaired) electrons. The van der Waals surface area contributed by atoms with Crippen molar-refractivity contribution in [2.75, 3.05) is 0 Å². The largest absolute Gasteiger partial charge is 0.366 e. The van der Waals surface area contributed by atoms with Crippen LogP contribution in [0.4, 0.5) is 0 Å². The third-order valence-corrected chi connectivity index (χ3v) is 2.79. The van der Waals surface area contributed by atoms with Crippen molar-refractivity contribution in [3.8, 4) is 0 Å². The standard InChI is InChI=1S/C10H7IN2O/c11-7-5-13-8-4-2-1-3-6(8)9(7)10(12)14/h1-5H,(H2,12,14). The lowest BCUT2D eigenvalue weighted by atomic mass is 10.1. The predicted octanol–water partition coefficient (Wildman–Crippen LogP) is 1.94. The Morgan fingerprint density at radius 3 is 2.79 bits per heavy atom. The van der Waals surface area contributed by atoms with Gasteiger partial charge in [-0.2, -0.15) is 0 Å². The van der Waals surface area contributed by atoms with Crippen molar-refractivity contribution in [1.82, 2.24) is 4.98 Å². The molecule has 0 atom stereocenters. The summed E-state index contributed by atoms with van der Waals surface area (Å²) in [7, 11) is 0. The Morgan fingerprint density at radius 2 is 2.07 bits per heavy atom. The fourth-order valence-electron chi connectivity index (χ4n) is 1.37. The first-order chi connectivity index (χ1) is 6.70. The first kappa shape index (κ1) is 9.39. The maximum atomic E-state index is 11.2. The molecule has 0 aliphatic carbocycles. The predicted molar refractivity (Wildman–Crippen MR) is 63.0 cm³/mol. The van der Waals surface area contributed by atoms with Gasteiger partial charge < -0.3 is 5.73 Å². The number of carbonyl (C=O) groups excluding carboxylic acids is 1. The topological polar surface area (TPSA) is 56.0 Å². The van der Waals surface area contributed by atoms with Gasteiger partial charge in [0, 0.05) is 15.2 Å². The van der Waals surface area contributed by atoms with Crippen LogP contribution in [-0.4, -0.2) is 10.9 Å². The zero-order chi connectivity index (χ0) is 10.1. The number of para-hydroxylation sites is 1. The first-order valence-electron chi connectivity index (χ1n) is 4.03. The van der Waals surface area contributed by atoms with Crippen LogP contribution in [0.25, 0.3) is 10.9 Å². The van der Waals surface area contributed by atoms with Gasteiger partial charge in [0.25, 0.3) is 5.91 Å². The first-order valence-corrected chi connectivity index (χ1v) is 5.11. The average molecular weight is 298 g/mol. The van der Waals surface area contributed by atoms with Gasteiger partial charge in [-0.1, -0.05) is 18.2 Å². The summed E-state index contributed by atoms with van der Waals surface area (Å²) in [6.07, 6.45) is 1.66. The highest BCUT2D eigenvalue weighted by molar-refractivity contribution is 14.1. The molecule has 0 bridgehead atoms. The summed E-state index contributed by atoms with van der Waals surface area (Å²) >= 11 is 2.06. The second-order valence-corrected chi connectivity index (χ2v) is 4.02. The second kappa shape index (κ2) is 3.53. The summed E-state index contributed by atoms with van der Waals surface area (Å²) in [5.74, 6) is -0.409. The summed E-state index contributed by atoms with van der Waals surface area (Å²) in [6, 6.07) is 7.46. The molecule has 2 N–H and O–H groups in total. The molecule has 0 saturated carbocycles. The zero-order valence-corrected chi connectivity index (χ0v) is 9.36. The molecule has 0 fully saturated rings. The van der Waals surface area contributed by atoms with Crippen LogP contribution in [0.1, 0.15) is 10.4 Å². The zero-order valence-electron chi connectivity index (χ0n) is 7.20. The van der Waals surface area contributed by atoms with Crippen LogP contribution in [0.15, 0.2) is 30.5 Å². The van der Waals surface area contributed by atoms with Gasteiger partial charge in [-0.3, -0.25) is 9.78 Å². The van der Waals surface area contributed by atoms with E-state index in [0.717, 1.165) is 14.5 Å². The number of benzene rings is 1. The van der Waals surface area contributed by atoms with Crippen LogP contribution in [0.3, 0.4) is 0 Å². The van der Waals surface area contributed by atoms with Crippen molar-refractivity contribution >= 4 is 39.4 Å². The highest BCUT2D eigenvalue weighted by atomic mass is 127. The molecule has 2 aromatic rings. The lowest BCUT2D eigenvalue weighted by Gasteiger charge is -2.04. The Balaban J connectivity index is 2.90. The third-order valence-electron chi connectivity index (χ3n) is 1.98. The molecule has 1 aromatic heterocycles. The van der Waals surface area contributed by atoms with Crippen LogP contribution in [0.2, 0.25) is 0 Å². The SMILES string of the molecule is NC(=O)c1c(I)cnc2ccccc12. The Kier molecular flexibility index (Phi) is 2.37. The van der Waals surface area contributed by atoms with Crippen LogP contribution in [0, 0.1) is 3.57 Å². The molecular weight excluding hydrogens is 291 g/mol. The lowest BCUT2D eigenvalue weighted by molar-refractivity contribution is 0.100. The minimum atomic E-state index is -0.409. The van der Waals surface area contributed by atoms with E-state index in [-0.39, 0.29) is 0 Å². The van der Waals surface area contributed by atoms with Crippen molar-refractivity contribution in [3.05, 3.63) is 39.6 Å². The number of nitrogens with two attached hydrogens (primary N) is 1. The molecule has 0 aliphatic heterocycles. The lowest BCUT2D eigenvalue weighted by Crippen LogP contribution is -2.13. The van der Waals surface area contributed by atoms with E-state index in [2.05, 4.69) is 27.6 Å². The minimum Gasteiger partial charge on any atom is -0.366 e. The van der Waals surface area contributed by atoms with Gasteiger partial charge in [0.1, 0.15) is 0 Å². The normalized spacial score (nSPS) is 10.4. The van der Waals surface area contributed by atoms with E-state index in [4.69, 9.17) is 5.73 Å². The van der Waals surface area contributed by atoms with E-state index in [0.29, 0.717) is 5.56 Å². The highest BCUT2D eigenvalue weighted by Crippen LogP contribution is 2.20. The molecular formula is C10H7IN2O. The molecule has 4 heteroatoms. The number of carbonyl (C=O) groups is 1.